The predicted octanol–water partition coefficient (Wildman–Crippen LogP) is 1.29. The van der Waals surface area contributed by atoms with Crippen molar-refractivity contribution in [3.8, 4) is 11.8 Å². The predicted molar refractivity (Wildman–Crippen MR) is 107 cm³/mol. The van der Waals surface area contributed by atoms with Crippen molar-refractivity contribution in [1.29, 1.82) is 0 Å². The summed E-state index contributed by atoms with van der Waals surface area (Å²) in [6.07, 6.45) is 3.88. The smallest absolute Gasteiger partial charge is 0.227 e. The van der Waals surface area contributed by atoms with Crippen molar-refractivity contribution in [3.63, 3.8) is 0 Å². The van der Waals surface area contributed by atoms with Crippen molar-refractivity contribution in [3.05, 3.63) is 0 Å². The number of ketones is 1. The van der Waals surface area contributed by atoms with Gasteiger partial charge in [0, 0.05) is 13.6 Å². The average molecular weight is 378 g/mol. The second-order valence-corrected chi connectivity index (χ2v) is 8.04. The van der Waals surface area contributed by atoms with Crippen molar-refractivity contribution < 1.29 is 14.4 Å². The molecule has 0 aliphatic carbocycles. The summed E-state index contributed by atoms with van der Waals surface area (Å²) in [5, 5.41) is 0. The molecule has 2 rings (SSSR count). The van der Waals surface area contributed by atoms with Gasteiger partial charge >= 0.3 is 0 Å². The van der Waals surface area contributed by atoms with Gasteiger partial charge in [-0.15, -0.1) is 0 Å². The second kappa shape index (κ2) is 11.2. The third-order valence-corrected chi connectivity index (χ3v) is 5.38. The van der Waals surface area contributed by atoms with E-state index in [0.717, 1.165) is 32.5 Å². The molecule has 0 radical (unpaired) electrons. The molecule has 0 spiro atoms. The normalized spacial score (nSPS) is 23.8. The van der Waals surface area contributed by atoms with Gasteiger partial charge < -0.3 is 9.80 Å². The van der Waals surface area contributed by atoms with E-state index in [-0.39, 0.29) is 29.6 Å². The highest BCUT2D eigenvalue weighted by molar-refractivity contribution is 5.88. The zero-order valence-corrected chi connectivity index (χ0v) is 17.7. The van der Waals surface area contributed by atoms with Gasteiger partial charge in [-0.3, -0.25) is 19.3 Å². The number of aldehydes is 1. The lowest BCUT2D eigenvalue weighted by Crippen LogP contribution is -2.47. The van der Waals surface area contributed by atoms with Crippen LogP contribution < -0.4 is 0 Å². The highest BCUT2D eigenvalue weighted by atomic mass is 16.2. The quantitative estimate of drug-likeness (QED) is 0.546. The molecule has 2 fully saturated rings. The first-order valence-corrected chi connectivity index (χ1v) is 9.79. The molecule has 3 atom stereocenters. The minimum absolute atomic E-state index is 0.0607. The zero-order chi connectivity index (χ0) is 20.6. The van der Waals surface area contributed by atoms with Crippen LogP contribution in [0.15, 0.2) is 0 Å². The molecule has 152 valence electrons. The summed E-state index contributed by atoms with van der Waals surface area (Å²) >= 11 is 0. The fraction of sp³-hybridized carbons (Fsp3) is 0.762. The Labute approximate surface area is 164 Å². The Hall–Kier alpha value is -1.71. The van der Waals surface area contributed by atoms with E-state index in [1.165, 1.54) is 6.42 Å². The summed E-state index contributed by atoms with van der Waals surface area (Å²) < 4.78 is 0. The van der Waals surface area contributed by atoms with Crippen molar-refractivity contribution in [2.45, 2.75) is 52.1 Å². The van der Waals surface area contributed by atoms with E-state index in [0.29, 0.717) is 12.3 Å². The first-order valence-electron chi connectivity index (χ1n) is 9.79. The van der Waals surface area contributed by atoms with E-state index in [2.05, 4.69) is 21.6 Å². The van der Waals surface area contributed by atoms with Gasteiger partial charge in [-0.25, -0.2) is 0 Å². The van der Waals surface area contributed by atoms with Gasteiger partial charge in [-0.2, -0.15) is 0 Å². The Balaban J connectivity index is 0.000000309. The molecule has 0 N–H and O–H groups in total. The topological polar surface area (TPSA) is 60.9 Å². The molecule has 2 aliphatic heterocycles. The van der Waals surface area contributed by atoms with Crippen LogP contribution in [0.4, 0.5) is 0 Å². The van der Waals surface area contributed by atoms with Crippen molar-refractivity contribution >= 4 is 18.0 Å². The number of carbonyl (C=O) groups is 3. The molecule has 2 aliphatic rings. The number of nitrogens with zero attached hydrogens (tertiary/aromatic N) is 3. The highest BCUT2D eigenvalue weighted by Crippen LogP contribution is 2.20. The molecular weight excluding hydrogens is 342 g/mol. The number of amides is 1. The molecule has 0 saturated carbocycles. The van der Waals surface area contributed by atoms with Crippen LogP contribution >= 0.6 is 0 Å². The Kier molecular flexibility index (Phi) is 9.68. The SMILES string of the molecule is CC(=O)C(C(C)C)N(C)C(=O)C1CCN(C)C1.CN1CCCC1C#CC=O. The first kappa shape index (κ1) is 23.3. The molecule has 3 unspecified atom stereocenters. The monoisotopic (exact) mass is 377 g/mol. The third-order valence-electron chi connectivity index (χ3n) is 5.38. The maximum Gasteiger partial charge on any atom is 0.227 e. The Morgan fingerprint density at radius 1 is 1.19 bits per heavy atom. The van der Waals surface area contributed by atoms with Gasteiger partial charge in [0.15, 0.2) is 12.1 Å². The van der Waals surface area contributed by atoms with Crippen LogP contribution in [0.1, 0.15) is 40.0 Å². The molecule has 6 heteroatoms. The van der Waals surface area contributed by atoms with Crippen LogP contribution in [-0.4, -0.2) is 85.5 Å². The van der Waals surface area contributed by atoms with E-state index >= 15 is 0 Å². The summed E-state index contributed by atoms with van der Waals surface area (Å²) in [5.41, 5.74) is 0. The lowest BCUT2D eigenvalue weighted by molar-refractivity contribution is -0.141. The van der Waals surface area contributed by atoms with E-state index in [4.69, 9.17) is 0 Å². The second-order valence-electron chi connectivity index (χ2n) is 8.04. The number of hydrogen-bond donors (Lipinski definition) is 0. The molecule has 0 bridgehead atoms. The fourth-order valence-corrected chi connectivity index (χ4v) is 3.97. The van der Waals surface area contributed by atoms with Crippen LogP contribution in [0.5, 0.6) is 0 Å². The Bertz CT molecular complexity index is 579. The van der Waals surface area contributed by atoms with Gasteiger partial charge in [-0.05, 0) is 65.2 Å². The summed E-state index contributed by atoms with van der Waals surface area (Å²) in [5.74, 6) is 5.75. The average Bonchev–Trinajstić information content (AvgIpc) is 3.20. The number of hydrogen-bond acceptors (Lipinski definition) is 5. The molecule has 0 aromatic heterocycles. The maximum atomic E-state index is 12.3. The van der Waals surface area contributed by atoms with E-state index in [9.17, 15) is 14.4 Å². The van der Waals surface area contributed by atoms with Gasteiger partial charge in [0.25, 0.3) is 0 Å². The molecule has 2 heterocycles. The maximum absolute atomic E-state index is 12.3. The minimum atomic E-state index is -0.284. The lowest BCUT2D eigenvalue weighted by Gasteiger charge is -2.31. The molecule has 1 amide bonds. The number of rotatable bonds is 4. The minimum Gasteiger partial charge on any atom is -0.335 e. The zero-order valence-electron chi connectivity index (χ0n) is 17.7. The Morgan fingerprint density at radius 3 is 2.26 bits per heavy atom. The van der Waals surface area contributed by atoms with Gasteiger partial charge in [0.2, 0.25) is 5.91 Å². The fourth-order valence-electron chi connectivity index (χ4n) is 3.97. The first-order chi connectivity index (χ1) is 12.7. The van der Waals surface area contributed by atoms with Crippen molar-refractivity contribution in [2.75, 3.05) is 40.8 Å². The van der Waals surface area contributed by atoms with Crippen LogP contribution in [0.2, 0.25) is 0 Å². The summed E-state index contributed by atoms with van der Waals surface area (Å²) in [4.78, 5) is 39.8. The molecule has 27 heavy (non-hydrogen) atoms. The molecular formula is C21H35N3O3. The largest absolute Gasteiger partial charge is 0.335 e. The van der Waals surface area contributed by atoms with Gasteiger partial charge in [-0.1, -0.05) is 19.8 Å². The summed E-state index contributed by atoms with van der Waals surface area (Å²) in [7, 11) is 5.82. The number of likely N-dealkylation sites (N-methyl/N-ethyl adjacent to an activating group) is 1. The van der Waals surface area contributed by atoms with Gasteiger partial charge in [0.05, 0.1) is 18.0 Å². The summed E-state index contributed by atoms with van der Waals surface area (Å²) in [6.45, 7) is 8.42. The van der Waals surface area contributed by atoms with Gasteiger partial charge in [0.1, 0.15) is 0 Å². The molecule has 2 saturated heterocycles. The highest BCUT2D eigenvalue weighted by Gasteiger charge is 2.33. The van der Waals surface area contributed by atoms with E-state index in [1.54, 1.807) is 18.9 Å². The van der Waals surface area contributed by atoms with E-state index < -0.39 is 0 Å². The van der Waals surface area contributed by atoms with Crippen LogP contribution in [-0.2, 0) is 14.4 Å². The molecule has 0 aromatic rings. The Morgan fingerprint density at radius 2 is 1.85 bits per heavy atom. The van der Waals surface area contributed by atoms with E-state index in [1.807, 2.05) is 27.9 Å². The van der Waals surface area contributed by atoms with Crippen molar-refractivity contribution in [1.82, 2.24) is 14.7 Å². The third kappa shape index (κ3) is 7.08. The molecule has 0 aromatic carbocycles. The number of likely N-dealkylation sites (tertiary alicyclic amines) is 2. The van der Waals surface area contributed by atoms with Crippen LogP contribution in [0, 0.1) is 23.7 Å². The number of carbonyl (C=O) groups excluding carboxylic acids is 3. The van der Waals surface area contributed by atoms with Crippen LogP contribution in [0.3, 0.4) is 0 Å². The lowest BCUT2D eigenvalue weighted by atomic mass is 9.97. The van der Waals surface area contributed by atoms with Crippen LogP contribution in [0.25, 0.3) is 0 Å². The number of Topliss-reactive ketones (excluding diaryl/α,β-unsaturated/α-hetero) is 1. The summed E-state index contributed by atoms with van der Waals surface area (Å²) in [6, 6.07) is 0.0404. The molecule has 6 nitrogen and oxygen atoms in total. The van der Waals surface area contributed by atoms with Crippen molar-refractivity contribution in [2.24, 2.45) is 11.8 Å². The standard InChI is InChI=1S/C13H24N2O2.C8H11NO/c1-9(2)12(10(3)16)15(5)13(17)11-6-7-14(4)8-11;1-9-6-2-4-8(9)5-3-7-10/h9,11-12H,6-8H2,1-5H3;7-8H,2,4,6H2,1H3.